The molecule has 0 spiro atoms. The molecule has 0 amide bonds. The van der Waals surface area contributed by atoms with Crippen molar-refractivity contribution in [1.29, 1.82) is 0 Å². The molecule has 1 nitrogen and oxygen atoms in total. The van der Waals surface area contributed by atoms with E-state index in [4.69, 9.17) is 4.74 Å². The summed E-state index contributed by atoms with van der Waals surface area (Å²) in [6.07, 6.45) is 4.44. The first-order valence-corrected chi connectivity index (χ1v) is 5.04. The summed E-state index contributed by atoms with van der Waals surface area (Å²) in [5.74, 6) is 0.880. The molecule has 0 aliphatic heterocycles. The minimum Gasteiger partial charge on any atom is -0.497 e. The van der Waals surface area contributed by atoms with Crippen molar-refractivity contribution in [3.63, 3.8) is 0 Å². The number of ether oxygens (including phenoxy) is 1. The third-order valence-corrected chi connectivity index (χ3v) is 1.85. The molecule has 0 saturated heterocycles. The Bertz CT molecular complexity index is 234. The van der Waals surface area contributed by atoms with E-state index in [9.17, 15) is 0 Å². The van der Waals surface area contributed by atoms with Crippen molar-refractivity contribution >= 4 is 6.08 Å². The van der Waals surface area contributed by atoms with E-state index >= 15 is 0 Å². The first-order chi connectivity index (χ1) is 6.78. The van der Waals surface area contributed by atoms with Gasteiger partial charge in [-0.1, -0.05) is 51.5 Å². The maximum atomic E-state index is 4.98. The Morgan fingerprint density at radius 2 is 1.64 bits per heavy atom. The van der Waals surface area contributed by atoms with E-state index in [-0.39, 0.29) is 0 Å². The summed E-state index contributed by atoms with van der Waals surface area (Å²) >= 11 is 0. The summed E-state index contributed by atoms with van der Waals surface area (Å²) in [6.45, 7) is 8.01. The molecular formula is C13H20O. The molecule has 0 atom stereocenters. The van der Waals surface area contributed by atoms with Gasteiger partial charge in [-0.25, -0.2) is 0 Å². The molecule has 0 fully saturated rings. The van der Waals surface area contributed by atoms with Crippen molar-refractivity contribution in [2.75, 3.05) is 7.11 Å². The minimum atomic E-state index is 0.880. The Kier molecular flexibility index (Phi) is 7.62. The second-order valence-corrected chi connectivity index (χ2v) is 2.98. The first kappa shape index (κ1) is 12.8. The summed E-state index contributed by atoms with van der Waals surface area (Å²) in [6, 6.07) is 7.76. The fraction of sp³-hybridized carbons (Fsp3) is 0.385. The lowest BCUT2D eigenvalue weighted by atomic mass is 10.2. The van der Waals surface area contributed by atoms with Gasteiger partial charge < -0.3 is 4.74 Å². The van der Waals surface area contributed by atoms with E-state index in [1.54, 1.807) is 13.2 Å². The molecule has 0 saturated carbocycles. The van der Waals surface area contributed by atoms with Crippen LogP contribution in [0.1, 0.15) is 32.3 Å². The number of hydrogen-bond acceptors (Lipinski definition) is 1. The standard InChI is InChI=1S/C9H10O.C4H10/c1-3-8-4-6-9(10-2)7-5-8;1-3-4-2/h3-7H,1H2,2H3;3-4H2,1-2H3. The molecule has 14 heavy (non-hydrogen) atoms. The van der Waals surface area contributed by atoms with Gasteiger partial charge in [0, 0.05) is 0 Å². The minimum absolute atomic E-state index is 0.880. The molecule has 0 radical (unpaired) electrons. The summed E-state index contributed by atoms with van der Waals surface area (Å²) < 4.78 is 4.98. The maximum Gasteiger partial charge on any atom is 0.118 e. The van der Waals surface area contributed by atoms with Gasteiger partial charge in [0.05, 0.1) is 7.11 Å². The fourth-order valence-electron chi connectivity index (χ4n) is 0.740. The molecule has 0 aliphatic carbocycles. The van der Waals surface area contributed by atoms with Crippen LogP contribution in [0.15, 0.2) is 30.8 Å². The average molecular weight is 192 g/mol. The zero-order valence-electron chi connectivity index (χ0n) is 9.42. The van der Waals surface area contributed by atoms with Gasteiger partial charge in [-0.15, -0.1) is 0 Å². The van der Waals surface area contributed by atoms with Crippen molar-refractivity contribution in [3.05, 3.63) is 36.4 Å². The predicted octanol–water partition coefficient (Wildman–Crippen LogP) is 4.14. The van der Waals surface area contributed by atoms with E-state index in [0.29, 0.717) is 0 Å². The van der Waals surface area contributed by atoms with E-state index in [1.165, 1.54) is 12.8 Å². The zero-order chi connectivity index (χ0) is 10.8. The van der Waals surface area contributed by atoms with Crippen LogP contribution in [0.25, 0.3) is 6.08 Å². The van der Waals surface area contributed by atoms with E-state index in [2.05, 4.69) is 20.4 Å². The molecule has 1 aromatic carbocycles. The molecule has 78 valence electrons. The topological polar surface area (TPSA) is 9.23 Å². The fourth-order valence-corrected chi connectivity index (χ4v) is 0.740. The lowest BCUT2D eigenvalue weighted by molar-refractivity contribution is 0.415. The van der Waals surface area contributed by atoms with Gasteiger partial charge in [0.25, 0.3) is 0 Å². The van der Waals surface area contributed by atoms with Crippen LogP contribution in [0, 0.1) is 0 Å². The van der Waals surface area contributed by atoms with Gasteiger partial charge in [0.1, 0.15) is 5.75 Å². The molecular weight excluding hydrogens is 172 g/mol. The molecule has 0 bridgehead atoms. The monoisotopic (exact) mass is 192 g/mol. The highest BCUT2D eigenvalue weighted by Crippen LogP contribution is 2.11. The highest BCUT2D eigenvalue weighted by atomic mass is 16.5. The van der Waals surface area contributed by atoms with Crippen LogP contribution >= 0.6 is 0 Å². The van der Waals surface area contributed by atoms with E-state index in [0.717, 1.165) is 11.3 Å². The summed E-state index contributed by atoms with van der Waals surface area (Å²) in [7, 11) is 1.66. The molecule has 0 aliphatic rings. The van der Waals surface area contributed by atoms with E-state index < -0.39 is 0 Å². The number of benzene rings is 1. The van der Waals surface area contributed by atoms with Crippen LogP contribution < -0.4 is 4.74 Å². The Balaban J connectivity index is 0.000000364. The molecule has 1 heteroatoms. The molecule has 0 heterocycles. The number of rotatable bonds is 3. The summed E-state index contributed by atoms with van der Waals surface area (Å²) in [4.78, 5) is 0. The molecule has 1 aromatic rings. The maximum absolute atomic E-state index is 4.98. The zero-order valence-corrected chi connectivity index (χ0v) is 9.42. The summed E-state index contributed by atoms with van der Waals surface area (Å²) in [5, 5.41) is 0. The van der Waals surface area contributed by atoms with Crippen LogP contribution in [-0.4, -0.2) is 7.11 Å². The average Bonchev–Trinajstić information content (AvgIpc) is 2.29. The smallest absolute Gasteiger partial charge is 0.118 e. The Morgan fingerprint density at radius 3 is 1.93 bits per heavy atom. The number of unbranched alkanes of at least 4 members (excludes halogenated alkanes) is 1. The van der Waals surface area contributed by atoms with E-state index in [1.807, 2.05) is 24.3 Å². The second kappa shape index (κ2) is 8.36. The summed E-state index contributed by atoms with van der Waals surface area (Å²) in [5.41, 5.74) is 1.11. The lowest BCUT2D eigenvalue weighted by Gasteiger charge is -1.97. The van der Waals surface area contributed by atoms with Gasteiger partial charge in [-0.2, -0.15) is 0 Å². The normalized spacial score (nSPS) is 8.50. The van der Waals surface area contributed by atoms with Crippen molar-refractivity contribution in [3.8, 4) is 5.75 Å². The quantitative estimate of drug-likeness (QED) is 0.699. The van der Waals surface area contributed by atoms with Crippen LogP contribution in [0.5, 0.6) is 5.75 Å². The SMILES string of the molecule is C=Cc1ccc(OC)cc1.CCCC. The number of hydrogen-bond donors (Lipinski definition) is 0. The second-order valence-electron chi connectivity index (χ2n) is 2.98. The molecule has 1 rings (SSSR count). The Morgan fingerprint density at radius 1 is 1.14 bits per heavy atom. The molecule has 0 N–H and O–H groups in total. The number of methoxy groups -OCH3 is 1. The Hall–Kier alpha value is -1.24. The van der Waals surface area contributed by atoms with Gasteiger partial charge in [0.15, 0.2) is 0 Å². The first-order valence-electron chi connectivity index (χ1n) is 5.04. The van der Waals surface area contributed by atoms with Gasteiger partial charge in [-0.3, -0.25) is 0 Å². The molecule has 0 unspecified atom stereocenters. The van der Waals surface area contributed by atoms with Crippen LogP contribution in [0.2, 0.25) is 0 Å². The van der Waals surface area contributed by atoms with Gasteiger partial charge in [-0.05, 0) is 17.7 Å². The highest BCUT2D eigenvalue weighted by molar-refractivity contribution is 5.48. The van der Waals surface area contributed by atoms with Crippen LogP contribution in [0.4, 0.5) is 0 Å². The lowest BCUT2D eigenvalue weighted by Crippen LogP contribution is -1.80. The molecule has 0 aromatic heterocycles. The van der Waals surface area contributed by atoms with Crippen LogP contribution in [-0.2, 0) is 0 Å². The van der Waals surface area contributed by atoms with Crippen molar-refractivity contribution in [2.24, 2.45) is 0 Å². The third kappa shape index (κ3) is 5.41. The Labute approximate surface area is 87.4 Å². The largest absolute Gasteiger partial charge is 0.497 e. The van der Waals surface area contributed by atoms with Crippen molar-refractivity contribution < 1.29 is 4.74 Å². The van der Waals surface area contributed by atoms with Crippen molar-refractivity contribution in [2.45, 2.75) is 26.7 Å². The highest BCUT2D eigenvalue weighted by Gasteiger charge is 1.87. The van der Waals surface area contributed by atoms with Gasteiger partial charge >= 0.3 is 0 Å². The van der Waals surface area contributed by atoms with Gasteiger partial charge in [0.2, 0.25) is 0 Å². The predicted molar refractivity (Wildman–Crippen MR) is 63.7 cm³/mol. The van der Waals surface area contributed by atoms with Crippen molar-refractivity contribution in [1.82, 2.24) is 0 Å². The third-order valence-electron chi connectivity index (χ3n) is 1.85. The van der Waals surface area contributed by atoms with Crippen LogP contribution in [0.3, 0.4) is 0 Å².